The van der Waals surface area contributed by atoms with Gasteiger partial charge in [-0.25, -0.2) is 19.9 Å². The molecule has 25 heavy (non-hydrogen) atoms. The first-order valence-corrected chi connectivity index (χ1v) is 7.36. The van der Waals surface area contributed by atoms with Crippen molar-refractivity contribution in [3.63, 3.8) is 0 Å². The van der Waals surface area contributed by atoms with Gasteiger partial charge in [0.2, 0.25) is 0 Å². The molecule has 0 bridgehead atoms. The van der Waals surface area contributed by atoms with Gasteiger partial charge in [-0.3, -0.25) is 29.0 Å². The van der Waals surface area contributed by atoms with Gasteiger partial charge in [0.25, 0.3) is 23.6 Å². The molecule has 1 unspecified atom stereocenters. The second-order valence-corrected chi connectivity index (χ2v) is 5.56. The highest BCUT2D eigenvalue weighted by Crippen LogP contribution is 2.24. The molecule has 4 rings (SSSR count). The quantitative estimate of drug-likeness (QED) is 0.689. The van der Waals surface area contributed by atoms with Crippen LogP contribution in [0.25, 0.3) is 0 Å². The van der Waals surface area contributed by atoms with Crippen molar-refractivity contribution in [2.75, 3.05) is 6.54 Å². The van der Waals surface area contributed by atoms with E-state index in [4.69, 9.17) is 0 Å². The number of rotatable bonds is 3. The normalized spacial score (nSPS) is 17.2. The average Bonchev–Trinajstić information content (AvgIpc) is 3.02. The van der Waals surface area contributed by atoms with Gasteiger partial charge in [-0.1, -0.05) is 0 Å². The molecule has 0 saturated carbocycles. The number of carbonyl (C=O) groups is 4. The zero-order chi connectivity index (χ0) is 17.7. The van der Waals surface area contributed by atoms with Gasteiger partial charge in [0.1, 0.15) is 0 Å². The molecule has 0 saturated heterocycles. The van der Waals surface area contributed by atoms with Crippen LogP contribution in [0.2, 0.25) is 0 Å². The fourth-order valence-corrected chi connectivity index (χ4v) is 2.88. The van der Waals surface area contributed by atoms with Crippen molar-refractivity contribution >= 4 is 23.6 Å². The van der Waals surface area contributed by atoms with Crippen molar-refractivity contribution in [1.29, 1.82) is 0 Å². The van der Waals surface area contributed by atoms with Crippen molar-refractivity contribution in [3.8, 4) is 0 Å². The van der Waals surface area contributed by atoms with Crippen LogP contribution in [0.4, 0.5) is 0 Å². The molecule has 124 valence electrons. The van der Waals surface area contributed by atoms with Crippen LogP contribution < -0.4 is 0 Å². The minimum Gasteiger partial charge on any atom is -0.269 e. The number of carbonyl (C=O) groups excluding carboxylic acids is 4. The molecule has 0 radical (unpaired) electrons. The number of hydrogen-bond acceptors (Lipinski definition) is 8. The highest BCUT2D eigenvalue weighted by Gasteiger charge is 2.44. The van der Waals surface area contributed by atoms with Gasteiger partial charge in [0.05, 0.1) is 12.6 Å². The lowest BCUT2D eigenvalue weighted by Gasteiger charge is -2.25. The van der Waals surface area contributed by atoms with Crippen LogP contribution in [0, 0.1) is 0 Å². The van der Waals surface area contributed by atoms with Crippen molar-refractivity contribution in [2.45, 2.75) is 13.0 Å². The molecule has 4 heterocycles. The molecule has 2 aromatic rings. The Balaban J connectivity index is 1.59. The SMILES string of the molecule is CC(CN1C(=O)c2nccnc2C1=O)N1C(=O)c2nccnc2C1=O. The van der Waals surface area contributed by atoms with Crippen LogP contribution in [-0.4, -0.2) is 66.0 Å². The van der Waals surface area contributed by atoms with E-state index in [1.165, 1.54) is 24.8 Å². The molecular weight excluding hydrogens is 328 g/mol. The highest BCUT2D eigenvalue weighted by atomic mass is 16.2. The zero-order valence-corrected chi connectivity index (χ0v) is 12.9. The fourth-order valence-electron chi connectivity index (χ4n) is 2.88. The van der Waals surface area contributed by atoms with E-state index in [9.17, 15) is 19.2 Å². The summed E-state index contributed by atoms with van der Waals surface area (Å²) in [6.45, 7) is 1.40. The minimum atomic E-state index is -0.752. The van der Waals surface area contributed by atoms with E-state index in [0.29, 0.717) is 0 Å². The molecule has 2 aliphatic rings. The first-order chi connectivity index (χ1) is 12.0. The zero-order valence-electron chi connectivity index (χ0n) is 12.9. The summed E-state index contributed by atoms with van der Waals surface area (Å²) in [6, 6.07) is -0.752. The Morgan fingerprint density at radius 1 is 0.720 bits per heavy atom. The Morgan fingerprint density at radius 2 is 1.08 bits per heavy atom. The summed E-state index contributed by atoms with van der Waals surface area (Å²) in [5.41, 5.74) is -0.147. The summed E-state index contributed by atoms with van der Waals surface area (Å²) in [5.74, 6) is -2.41. The van der Waals surface area contributed by atoms with Crippen LogP contribution in [0.5, 0.6) is 0 Å². The molecule has 0 spiro atoms. The maximum Gasteiger partial charge on any atom is 0.282 e. The smallest absolute Gasteiger partial charge is 0.269 e. The first-order valence-electron chi connectivity index (χ1n) is 7.36. The average molecular weight is 338 g/mol. The van der Waals surface area contributed by atoms with Crippen molar-refractivity contribution in [3.05, 3.63) is 47.6 Å². The van der Waals surface area contributed by atoms with E-state index < -0.39 is 29.7 Å². The number of hydrogen-bond donors (Lipinski definition) is 0. The van der Waals surface area contributed by atoms with Crippen molar-refractivity contribution < 1.29 is 19.2 Å². The summed E-state index contributed by atoms with van der Waals surface area (Å²) in [5, 5.41) is 0. The van der Waals surface area contributed by atoms with E-state index >= 15 is 0 Å². The van der Waals surface area contributed by atoms with Gasteiger partial charge < -0.3 is 0 Å². The third-order valence-electron chi connectivity index (χ3n) is 4.02. The number of nitrogens with zero attached hydrogens (tertiary/aromatic N) is 6. The highest BCUT2D eigenvalue weighted by molar-refractivity contribution is 6.20. The number of aromatic nitrogens is 4. The van der Waals surface area contributed by atoms with E-state index in [0.717, 1.165) is 9.80 Å². The third kappa shape index (κ3) is 2.04. The third-order valence-corrected chi connectivity index (χ3v) is 4.02. The van der Waals surface area contributed by atoms with Crippen LogP contribution in [0.1, 0.15) is 48.9 Å². The molecule has 2 aromatic heterocycles. The van der Waals surface area contributed by atoms with E-state index in [-0.39, 0.29) is 29.3 Å². The molecule has 4 amide bonds. The standard InChI is InChI=1S/C15H10N6O4/c1-7(21-14(24)10-11(15(21)25)19-5-4-18-10)6-20-12(22)8-9(13(20)23)17-3-2-16-8/h2-5,7H,6H2,1H3. The Hall–Kier alpha value is -3.56. The van der Waals surface area contributed by atoms with Gasteiger partial charge in [-0.2, -0.15) is 0 Å². The molecule has 2 aliphatic heterocycles. The lowest BCUT2D eigenvalue weighted by Crippen LogP contribution is -2.47. The van der Waals surface area contributed by atoms with Crippen molar-refractivity contribution in [2.24, 2.45) is 0 Å². The summed E-state index contributed by atoms with van der Waals surface area (Å²) < 4.78 is 0. The summed E-state index contributed by atoms with van der Waals surface area (Å²) >= 11 is 0. The Kier molecular flexibility index (Phi) is 3.14. The number of imide groups is 2. The predicted molar refractivity (Wildman–Crippen MR) is 79.4 cm³/mol. The largest absolute Gasteiger partial charge is 0.282 e. The minimum absolute atomic E-state index is 0.0367. The lowest BCUT2D eigenvalue weighted by molar-refractivity contribution is 0.0489. The molecule has 10 heteroatoms. The van der Waals surface area contributed by atoms with Crippen LogP contribution in [0.3, 0.4) is 0 Å². The fraction of sp³-hybridized carbons (Fsp3) is 0.200. The van der Waals surface area contributed by atoms with Crippen LogP contribution in [-0.2, 0) is 0 Å². The Bertz CT molecular complexity index is 889. The second-order valence-electron chi connectivity index (χ2n) is 5.56. The summed E-state index contributed by atoms with van der Waals surface area (Å²) in [6.07, 6.45) is 5.27. The molecule has 0 fully saturated rings. The Labute approximate surface area is 140 Å². The van der Waals surface area contributed by atoms with Crippen LogP contribution in [0.15, 0.2) is 24.8 Å². The monoisotopic (exact) mass is 338 g/mol. The molecule has 10 nitrogen and oxygen atoms in total. The topological polar surface area (TPSA) is 126 Å². The predicted octanol–water partition coefficient (Wildman–Crippen LogP) is -0.453. The molecule has 1 atom stereocenters. The molecule has 0 N–H and O–H groups in total. The first kappa shape index (κ1) is 15.0. The molecule has 0 aliphatic carbocycles. The number of amides is 4. The molecular formula is C15H10N6O4. The molecule has 0 aromatic carbocycles. The maximum atomic E-state index is 12.4. The Morgan fingerprint density at radius 3 is 1.48 bits per heavy atom. The van der Waals surface area contributed by atoms with E-state index in [2.05, 4.69) is 19.9 Å². The second kappa shape index (κ2) is 5.23. The maximum absolute atomic E-state index is 12.4. The lowest BCUT2D eigenvalue weighted by atomic mass is 10.2. The van der Waals surface area contributed by atoms with Gasteiger partial charge in [0, 0.05) is 24.8 Å². The van der Waals surface area contributed by atoms with Crippen molar-refractivity contribution in [1.82, 2.24) is 29.7 Å². The van der Waals surface area contributed by atoms with E-state index in [1.54, 1.807) is 6.92 Å². The van der Waals surface area contributed by atoms with E-state index in [1.807, 2.05) is 0 Å². The van der Waals surface area contributed by atoms with Gasteiger partial charge in [-0.15, -0.1) is 0 Å². The summed E-state index contributed by atoms with van der Waals surface area (Å²) in [7, 11) is 0. The van der Waals surface area contributed by atoms with Gasteiger partial charge in [0.15, 0.2) is 22.8 Å². The summed E-state index contributed by atoms with van der Waals surface area (Å²) in [4.78, 5) is 66.8. The van der Waals surface area contributed by atoms with Crippen LogP contribution >= 0.6 is 0 Å². The number of fused-ring (bicyclic) bond motifs is 2. The van der Waals surface area contributed by atoms with Gasteiger partial charge >= 0.3 is 0 Å². The van der Waals surface area contributed by atoms with Gasteiger partial charge in [-0.05, 0) is 6.92 Å².